The third-order valence-corrected chi connectivity index (χ3v) is 5.02. The van der Waals surface area contributed by atoms with Crippen LogP contribution in [0.5, 0.6) is 0 Å². The van der Waals surface area contributed by atoms with E-state index in [4.69, 9.17) is 4.99 Å². The number of hydrogen-bond donors (Lipinski definition) is 2. The van der Waals surface area contributed by atoms with Crippen LogP contribution in [0.3, 0.4) is 0 Å². The van der Waals surface area contributed by atoms with Crippen molar-refractivity contribution in [3.63, 3.8) is 0 Å². The summed E-state index contributed by atoms with van der Waals surface area (Å²) in [4.78, 5) is 4.76. The van der Waals surface area contributed by atoms with E-state index in [1.54, 1.807) is 6.20 Å². The zero-order valence-corrected chi connectivity index (χ0v) is 18.0. The van der Waals surface area contributed by atoms with E-state index in [1.165, 1.54) is 11.3 Å². The molecule has 3 rings (SSSR count). The standard InChI is InChI=1S/C22H31N7/c1-6-23-22(26-16(2)14-21-17(3)27-28(5)18(21)4)24-15-19-8-10-20(11-9-19)29-13-7-12-25-29/h7-13,16H,6,14-15H2,1-5H3,(H2,23,24,26). The molecule has 0 spiro atoms. The van der Waals surface area contributed by atoms with Gasteiger partial charge in [-0.2, -0.15) is 10.2 Å². The van der Waals surface area contributed by atoms with Crippen molar-refractivity contribution in [1.82, 2.24) is 30.2 Å². The van der Waals surface area contributed by atoms with Crippen LogP contribution in [0.2, 0.25) is 0 Å². The van der Waals surface area contributed by atoms with Crippen molar-refractivity contribution in [1.29, 1.82) is 0 Å². The highest BCUT2D eigenvalue weighted by molar-refractivity contribution is 5.80. The smallest absolute Gasteiger partial charge is 0.191 e. The van der Waals surface area contributed by atoms with Crippen LogP contribution < -0.4 is 10.6 Å². The highest BCUT2D eigenvalue weighted by Gasteiger charge is 2.14. The molecule has 29 heavy (non-hydrogen) atoms. The van der Waals surface area contributed by atoms with E-state index in [-0.39, 0.29) is 6.04 Å². The van der Waals surface area contributed by atoms with Crippen molar-refractivity contribution in [3.8, 4) is 5.69 Å². The number of nitrogens with zero attached hydrogens (tertiary/aromatic N) is 5. The SMILES string of the molecule is CCNC(=NCc1ccc(-n2cccn2)cc1)NC(C)Cc1c(C)nn(C)c1C. The lowest BCUT2D eigenvalue weighted by molar-refractivity contribution is 0.636. The lowest BCUT2D eigenvalue weighted by Crippen LogP contribution is -2.43. The van der Waals surface area contributed by atoms with Gasteiger partial charge in [-0.3, -0.25) is 4.68 Å². The summed E-state index contributed by atoms with van der Waals surface area (Å²) in [5, 5.41) is 15.6. The largest absolute Gasteiger partial charge is 0.357 e. The van der Waals surface area contributed by atoms with Crippen molar-refractivity contribution >= 4 is 5.96 Å². The lowest BCUT2D eigenvalue weighted by atomic mass is 10.1. The Balaban J connectivity index is 1.63. The number of aromatic nitrogens is 4. The van der Waals surface area contributed by atoms with Crippen LogP contribution in [0.4, 0.5) is 0 Å². The van der Waals surface area contributed by atoms with Crippen LogP contribution in [0.15, 0.2) is 47.7 Å². The summed E-state index contributed by atoms with van der Waals surface area (Å²) in [7, 11) is 1.99. The molecule has 0 radical (unpaired) electrons. The van der Waals surface area contributed by atoms with Gasteiger partial charge in [-0.05, 0) is 63.4 Å². The molecule has 0 amide bonds. The van der Waals surface area contributed by atoms with Crippen LogP contribution in [0.25, 0.3) is 5.69 Å². The Morgan fingerprint density at radius 1 is 1.21 bits per heavy atom. The normalized spacial score (nSPS) is 12.8. The molecule has 1 unspecified atom stereocenters. The minimum Gasteiger partial charge on any atom is -0.357 e. The van der Waals surface area contributed by atoms with Crippen molar-refractivity contribution in [3.05, 3.63) is 65.2 Å². The van der Waals surface area contributed by atoms with Crippen molar-refractivity contribution in [2.24, 2.45) is 12.0 Å². The van der Waals surface area contributed by atoms with Gasteiger partial charge in [0.05, 0.1) is 17.9 Å². The molecular formula is C22H31N7. The van der Waals surface area contributed by atoms with Crippen LogP contribution in [0, 0.1) is 13.8 Å². The minimum atomic E-state index is 0.247. The summed E-state index contributed by atoms with van der Waals surface area (Å²) in [6, 6.07) is 10.5. The predicted octanol–water partition coefficient (Wildman–Crippen LogP) is 2.91. The molecule has 1 aromatic carbocycles. The predicted molar refractivity (Wildman–Crippen MR) is 117 cm³/mol. The Labute approximate surface area is 172 Å². The monoisotopic (exact) mass is 393 g/mol. The summed E-state index contributed by atoms with van der Waals surface area (Å²) in [5.74, 6) is 0.829. The quantitative estimate of drug-likeness (QED) is 0.478. The van der Waals surface area contributed by atoms with Crippen LogP contribution >= 0.6 is 0 Å². The Morgan fingerprint density at radius 2 is 1.97 bits per heavy atom. The third kappa shape index (κ3) is 5.25. The zero-order chi connectivity index (χ0) is 20.8. The van der Waals surface area contributed by atoms with Crippen LogP contribution in [-0.2, 0) is 20.0 Å². The molecule has 0 fully saturated rings. The van der Waals surface area contributed by atoms with Gasteiger partial charge in [0, 0.05) is 37.7 Å². The first-order valence-corrected chi connectivity index (χ1v) is 10.1. The Hall–Kier alpha value is -3.09. The molecule has 0 aliphatic rings. The fourth-order valence-corrected chi connectivity index (χ4v) is 3.37. The summed E-state index contributed by atoms with van der Waals surface area (Å²) >= 11 is 0. The second kappa shape index (κ2) is 9.41. The molecule has 0 bridgehead atoms. The Kier molecular flexibility index (Phi) is 6.69. The lowest BCUT2D eigenvalue weighted by Gasteiger charge is -2.18. The van der Waals surface area contributed by atoms with E-state index in [9.17, 15) is 0 Å². The average molecular weight is 394 g/mol. The third-order valence-electron chi connectivity index (χ3n) is 5.02. The average Bonchev–Trinajstić information content (AvgIpc) is 3.32. The van der Waals surface area contributed by atoms with E-state index in [0.717, 1.165) is 35.9 Å². The number of aryl methyl sites for hydroxylation is 2. The summed E-state index contributed by atoms with van der Waals surface area (Å²) in [5.41, 5.74) is 5.82. The molecule has 0 saturated heterocycles. The van der Waals surface area contributed by atoms with E-state index in [1.807, 2.05) is 28.7 Å². The maximum Gasteiger partial charge on any atom is 0.191 e. The van der Waals surface area contributed by atoms with Crippen molar-refractivity contribution in [2.45, 2.75) is 46.7 Å². The van der Waals surface area contributed by atoms with E-state index >= 15 is 0 Å². The second-order valence-corrected chi connectivity index (χ2v) is 7.33. The first-order valence-electron chi connectivity index (χ1n) is 10.1. The van der Waals surface area contributed by atoms with E-state index < -0.39 is 0 Å². The maximum absolute atomic E-state index is 4.76. The van der Waals surface area contributed by atoms with Crippen LogP contribution in [0.1, 0.15) is 36.4 Å². The number of aliphatic imine (C=N–C) groups is 1. The molecule has 1 atom stereocenters. The number of rotatable bonds is 7. The van der Waals surface area contributed by atoms with Crippen LogP contribution in [-0.4, -0.2) is 38.1 Å². The molecule has 7 nitrogen and oxygen atoms in total. The first-order chi connectivity index (χ1) is 14.0. The second-order valence-electron chi connectivity index (χ2n) is 7.33. The first kappa shape index (κ1) is 20.6. The number of guanidine groups is 1. The number of hydrogen-bond acceptors (Lipinski definition) is 3. The molecule has 0 aliphatic heterocycles. The topological polar surface area (TPSA) is 72.1 Å². The molecule has 0 saturated carbocycles. The summed E-state index contributed by atoms with van der Waals surface area (Å²) in [6.07, 6.45) is 4.63. The number of nitrogens with one attached hydrogen (secondary N) is 2. The van der Waals surface area contributed by atoms with Gasteiger partial charge < -0.3 is 10.6 Å². The highest BCUT2D eigenvalue weighted by atomic mass is 15.3. The molecular weight excluding hydrogens is 362 g/mol. The minimum absolute atomic E-state index is 0.247. The Bertz CT molecular complexity index is 936. The molecule has 2 aromatic heterocycles. The molecule has 0 aliphatic carbocycles. The van der Waals surface area contributed by atoms with Gasteiger partial charge in [-0.1, -0.05) is 12.1 Å². The number of benzene rings is 1. The molecule has 154 valence electrons. The van der Waals surface area contributed by atoms with Gasteiger partial charge >= 0.3 is 0 Å². The van der Waals surface area contributed by atoms with Gasteiger partial charge in [-0.15, -0.1) is 0 Å². The van der Waals surface area contributed by atoms with Crippen molar-refractivity contribution in [2.75, 3.05) is 6.54 Å². The molecule has 2 N–H and O–H groups in total. The fraction of sp³-hybridized carbons (Fsp3) is 0.409. The maximum atomic E-state index is 4.76. The van der Waals surface area contributed by atoms with Gasteiger partial charge in [0.1, 0.15) is 0 Å². The van der Waals surface area contributed by atoms with E-state index in [0.29, 0.717) is 6.54 Å². The highest BCUT2D eigenvalue weighted by Crippen LogP contribution is 2.14. The van der Waals surface area contributed by atoms with Gasteiger partial charge in [0.2, 0.25) is 0 Å². The van der Waals surface area contributed by atoms with Crippen molar-refractivity contribution < 1.29 is 0 Å². The summed E-state index contributed by atoms with van der Waals surface area (Å²) in [6.45, 7) is 9.89. The Morgan fingerprint density at radius 3 is 2.55 bits per heavy atom. The van der Waals surface area contributed by atoms with Gasteiger partial charge in [0.15, 0.2) is 5.96 Å². The van der Waals surface area contributed by atoms with Gasteiger partial charge in [0.25, 0.3) is 0 Å². The van der Waals surface area contributed by atoms with Gasteiger partial charge in [-0.25, -0.2) is 9.67 Å². The molecule has 2 heterocycles. The molecule has 3 aromatic rings. The summed E-state index contributed by atoms with van der Waals surface area (Å²) < 4.78 is 3.80. The molecule has 7 heteroatoms. The zero-order valence-electron chi connectivity index (χ0n) is 18.0. The van der Waals surface area contributed by atoms with E-state index in [2.05, 4.69) is 72.8 Å². The fourth-order valence-electron chi connectivity index (χ4n) is 3.37.